The van der Waals surface area contributed by atoms with Crippen LogP contribution in [0.1, 0.15) is 41.0 Å². The van der Waals surface area contributed by atoms with Gasteiger partial charge in [-0.25, -0.2) is 0 Å². The Kier molecular flexibility index (Phi) is 9.46. The molecule has 0 aromatic heterocycles. The van der Waals surface area contributed by atoms with Gasteiger partial charge < -0.3 is 15.2 Å². The molecule has 0 spiro atoms. The molecule has 0 saturated heterocycles. The van der Waals surface area contributed by atoms with Gasteiger partial charge in [0.15, 0.2) is 5.60 Å². The summed E-state index contributed by atoms with van der Waals surface area (Å²) in [4.78, 5) is 11.6. The molecule has 1 rings (SSSR count). The van der Waals surface area contributed by atoms with Crippen molar-refractivity contribution in [2.75, 3.05) is 13.2 Å². The van der Waals surface area contributed by atoms with Gasteiger partial charge in [0, 0.05) is 25.3 Å². The van der Waals surface area contributed by atoms with Crippen LogP contribution < -0.4 is 5.73 Å². The van der Waals surface area contributed by atoms with Gasteiger partial charge in [0.2, 0.25) is 0 Å². The van der Waals surface area contributed by atoms with Crippen molar-refractivity contribution in [1.29, 1.82) is 0 Å². The first-order valence-corrected chi connectivity index (χ1v) is 7.50. The second kappa shape index (κ2) is 10.2. The summed E-state index contributed by atoms with van der Waals surface area (Å²) in [6, 6.07) is 0. The molecule has 0 amide bonds. The fraction of sp³-hybridized carbons (Fsp3) is 0.588. The maximum Gasteiger partial charge on any atom is 0.309 e. The Labute approximate surface area is 128 Å². The highest BCUT2D eigenvalue weighted by Gasteiger charge is 2.30. The van der Waals surface area contributed by atoms with Crippen LogP contribution in [-0.4, -0.2) is 24.8 Å². The molecule has 0 aromatic rings. The second-order valence-electron chi connectivity index (χ2n) is 5.05. The highest BCUT2D eigenvalue weighted by atomic mass is 16.6. The van der Waals surface area contributed by atoms with E-state index >= 15 is 0 Å². The summed E-state index contributed by atoms with van der Waals surface area (Å²) in [6.45, 7) is 11.2. The Balaban J connectivity index is 0.000000690. The van der Waals surface area contributed by atoms with Crippen LogP contribution in [0.25, 0.3) is 0 Å². The summed E-state index contributed by atoms with van der Waals surface area (Å²) < 4.78 is 10.3. The fourth-order valence-corrected chi connectivity index (χ4v) is 1.68. The average molecular weight is 295 g/mol. The third-order valence-corrected chi connectivity index (χ3v) is 2.83. The van der Waals surface area contributed by atoms with Gasteiger partial charge in [-0.05, 0) is 39.0 Å². The van der Waals surface area contributed by atoms with E-state index in [1.807, 2.05) is 58.9 Å². The van der Waals surface area contributed by atoms with Crippen LogP contribution in [0.15, 0.2) is 36.1 Å². The molecule has 2 N–H and O–H groups in total. The zero-order valence-corrected chi connectivity index (χ0v) is 13.9. The van der Waals surface area contributed by atoms with E-state index in [0.29, 0.717) is 12.1 Å². The van der Waals surface area contributed by atoms with Crippen LogP contribution in [0.3, 0.4) is 0 Å². The lowest BCUT2D eigenvalue weighted by Crippen LogP contribution is -2.34. The minimum atomic E-state index is -0.654. The largest absolute Gasteiger partial charge is 0.450 e. The lowest BCUT2D eigenvalue weighted by molar-refractivity contribution is -0.155. The highest BCUT2D eigenvalue weighted by molar-refractivity contribution is 5.72. The lowest BCUT2D eigenvalue weighted by Gasteiger charge is -2.29. The van der Waals surface area contributed by atoms with Crippen LogP contribution in [0.2, 0.25) is 0 Å². The third-order valence-electron chi connectivity index (χ3n) is 2.83. The van der Waals surface area contributed by atoms with E-state index < -0.39 is 5.60 Å². The topological polar surface area (TPSA) is 61.5 Å². The van der Waals surface area contributed by atoms with Crippen LogP contribution in [-0.2, 0) is 14.3 Å². The Morgan fingerprint density at radius 3 is 2.38 bits per heavy atom. The summed E-state index contributed by atoms with van der Waals surface area (Å²) in [7, 11) is 0. The van der Waals surface area contributed by atoms with Gasteiger partial charge in [0.05, 0.1) is 5.92 Å². The number of nitrogens with two attached hydrogens (primary N) is 1. The monoisotopic (exact) mass is 295 g/mol. The average Bonchev–Trinajstić information content (AvgIpc) is 2.44. The van der Waals surface area contributed by atoms with Crippen LogP contribution in [0, 0.1) is 5.92 Å². The number of carbonyl (C=O) groups is 1. The molecule has 120 valence electrons. The minimum Gasteiger partial charge on any atom is -0.450 e. The van der Waals surface area contributed by atoms with Crippen molar-refractivity contribution in [1.82, 2.24) is 0 Å². The summed E-state index contributed by atoms with van der Waals surface area (Å²) in [5.41, 5.74) is 5.71. The number of esters is 1. The first-order chi connectivity index (χ1) is 9.90. The Bertz CT molecular complexity index is 395. The van der Waals surface area contributed by atoms with Gasteiger partial charge in [-0.3, -0.25) is 4.79 Å². The first kappa shape index (κ1) is 19.4. The SMILES string of the molecule is C/C=C\C1(OC(=O)C(C)C)C=CC(N)=CC1.CCOCC. The van der Waals surface area contributed by atoms with Gasteiger partial charge >= 0.3 is 5.97 Å². The van der Waals surface area contributed by atoms with E-state index in [4.69, 9.17) is 15.2 Å². The summed E-state index contributed by atoms with van der Waals surface area (Å²) in [6.07, 6.45) is 9.84. The van der Waals surface area contributed by atoms with Gasteiger partial charge in [-0.1, -0.05) is 26.0 Å². The molecule has 1 atom stereocenters. The van der Waals surface area contributed by atoms with E-state index in [2.05, 4.69) is 0 Å². The zero-order valence-electron chi connectivity index (χ0n) is 13.9. The fourth-order valence-electron chi connectivity index (χ4n) is 1.68. The van der Waals surface area contributed by atoms with E-state index in [9.17, 15) is 4.79 Å². The van der Waals surface area contributed by atoms with Gasteiger partial charge in [-0.15, -0.1) is 0 Å². The van der Waals surface area contributed by atoms with E-state index in [1.165, 1.54) is 0 Å². The molecule has 0 radical (unpaired) electrons. The summed E-state index contributed by atoms with van der Waals surface area (Å²) in [5, 5.41) is 0. The van der Waals surface area contributed by atoms with Crippen molar-refractivity contribution in [3.05, 3.63) is 36.1 Å². The number of hydrogen-bond donors (Lipinski definition) is 1. The van der Waals surface area contributed by atoms with Crippen LogP contribution in [0.5, 0.6) is 0 Å². The van der Waals surface area contributed by atoms with Crippen molar-refractivity contribution in [2.24, 2.45) is 11.7 Å². The Morgan fingerprint density at radius 2 is 2.05 bits per heavy atom. The van der Waals surface area contributed by atoms with Gasteiger partial charge in [0.25, 0.3) is 0 Å². The summed E-state index contributed by atoms with van der Waals surface area (Å²) in [5.74, 6) is -0.324. The number of carbonyl (C=O) groups excluding carboxylic acids is 1. The molecule has 0 heterocycles. The molecule has 0 aromatic carbocycles. The van der Waals surface area contributed by atoms with Crippen molar-refractivity contribution in [2.45, 2.75) is 46.6 Å². The third kappa shape index (κ3) is 7.71. The maximum absolute atomic E-state index is 11.6. The summed E-state index contributed by atoms with van der Waals surface area (Å²) >= 11 is 0. The first-order valence-electron chi connectivity index (χ1n) is 7.50. The second-order valence-corrected chi connectivity index (χ2v) is 5.05. The van der Waals surface area contributed by atoms with Gasteiger partial charge in [-0.2, -0.15) is 0 Å². The number of allylic oxidation sites excluding steroid dienone is 2. The number of rotatable bonds is 5. The van der Waals surface area contributed by atoms with Crippen molar-refractivity contribution >= 4 is 5.97 Å². The molecule has 0 aliphatic heterocycles. The molecule has 0 bridgehead atoms. The van der Waals surface area contributed by atoms with Gasteiger partial charge in [0.1, 0.15) is 0 Å². The highest BCUT2D eigenvalue weighted by Crippen LogP contribution is 2.26. The molecule has 1 aliphatic rings. The number of ether oxygens (including phenoxy) is 2. The Morgan fingerprint density at radius 1 is 1.43 bits per heavy atom. The smallest absolute Gasteiger partial charge is 0.309 e. The molecule has 0 fully saturated rings. The standard InChI is InChI=1S/C13H19NO2.C4H10O/c1-4-7-13(16-12(15)10(2)3)8-5-11(14)6-9-13;1-3-5-4-2/h4-8,10H,9,14H2,1-3H3;3-4H2,1-2H3/b7-4-;. The maximum atomic E-state index is 11.6. The molecular formula is C17H29NO3. The molecule has 21 heavy (non-hydrogen) atoms. The molecule has 4 heteroatoms. The van der Waals surface area contributed by atoms with Crippen molar-refractivity contribution in [3.63, 3.8) is 0 Å². The normalized spacial score (nSPS) is 21.0. The number of hydrogen-bond acceptors (Lipinski definition) is 4. The predicted molar refractivity (Wildman–Crippen MR) is 86.7 cm³/mol. The predicted octanol–water partition coefficient (Wildman–Crippen LogP) is 3.35. The minimum absolute atomic E-state index is 0.126. The van der Waals surface area contributed by atoms with E-state index in [-0.39, 0.29) is 11.9 Å². The molecule has 4 nitrogen and oxygen atoms in total. The quantitative estimate of drug-likeness (QED) is 0.624. The Hall–Kier alpha value is -1.55. The van der Waals surface area contributed by atoms with Crippen LogP contribution >= 0.6 is 0 Å². The van der Waals surface area contributed by atoms with Crippen molar-refractivity contribution in [3.8, 4) is 0 Å². The zero-order chi connectivity index (χ0) is 16.3. The lowest BCUT2D eigenvalue weighted by atomic mass is 9.93. The molecule has 1 unspecified atom stereocenters. The van der Waals surface area contributed by atoms with E-state index in [1.54, 1.807) is 6.08 Å². The van der Waals surface area contributed by atoms with Crippen LogP contribution in [0.4, 0.5) is 0 Å². The molecule has 0 saturated carbocycles. The van der Waals surface area contributed by atoms with E-state index in [0.717, 1.165) is 13.2 Å². The van der Waals surface area contributed by atoms with Crippen molar-refractivity contribution < 1.29 is 14.3 Å². The molecular weight excluding hydrogens is 266 g/mol. The molecule has 1 aliphatic carbocycles.